The summed E-state index contributed by atoms with van der Waals surface area (Å²) in [5.74, 6) is -5.51. The van der Waals surface area contributed by atoms with E-state index >= 15 is 0 Å². The van der Waals surface area contributed by atoms with E-state index in [0.29, 0.717) is 11.4 Å². The maximum atomic E-state index is 14.1. The lowest BCUT2D eigenvalue weighted by atomic mass is 10.1. The molecule has 1 aliphatic heterocycles. The van der Waals surface area contributed by atoms with Crippen molar-refractivity contribution in [2.75, 3.05) is 22.1 Å². The highest BCUT2D eigenvalue weighted by Gasteiger charge is 2.32. The Balaban J connectivity index is 2.01. The largest absolute Gasteiger partial charge is 0.362 e. The predicted molar refractivity (Wildman–Crippen MR) is 101 cm³/mol. The van der Waals surface area contributed by atoms with Gasteiger partial charge in [-0.05, 0) is 24.5 Å². The number of para-hydroxylation sites is 1. The molecular weight excluding hydrogens is 358 g/mol. The van der Waals surface area contributed by atoms with Gasteiger partial charge in [-0.3, -0.25) is 0 Å². The van der Waals surface area contributed by atoms with Gasteiger partial charge in [0.25, 0.3) is 0 Å². The molecule has 1 heterocycles. The van der Waals surface area contributed by atoms with Crippen LogP contribution in [0.2, 0.25) is 0 Å². The van der Waals surface area contributed by atoms with Gasteiger partial charge in [-0.2, -0.15) is 0 Å². The second kappa shape index (κ2) is 7.66. The van der Waals surface area contributed by atoms with E-state index in [1.165, 1.54) is 0 Å². The lowest BCUT2D eigenvalue weighted by Crippen LogP contribution is -2.40. The SMILES string of the molecule is CCCCN1c2cccc(Nc3c(F)c(F)cc(F)c3F)c2NC1C(C)C. The summed E-state index contributed by atoms with van der Waals surface area (Å²) in [6, 6.07) is 5.49. The molecular formula is C20H23F4N3. The normalized spacial score (nSPS) is 15.9. The summed E-state index contributed by atoms with van der Waals surface area (Å²) in [6.45, 7) is 7.10. The molecule has 0 saturated heterocycles. The van der Waals surface area contributed by atoms with Crippen molar-refractivity contribution in [2.45, 2.75) is 39.8 Å². The third-order valence-electron chi connectivity index (χ3n) is 4.74. The molecule has 0 aromatic heterocycles. The molecule has 27 heavy (non-hydrogen) atoms. The van der Waals surface area contributed by atoms with Crippen LogP contribution in [0.15, 0.2) is 24.3 Å². The molecule has 0 radical (unpaired) electrons. The highest BCUT2D eigenvalue weighted by Crippen LogP contribution is 2.43. The number of rotatable bonds is 6. The van der Waals surface area contributed by atoms with Crippen molar-refractivity contribution in [2.24, 2.45) is 5.92 Å². The second-order valence-corrected chi connectivity index (χ2v) is 7.05. The van der Waals surface area contributed by atoms with Crippen molar-refractivity contribution in [3.05, 3.63) is 47.5 Å². The van der Waals surface area contributed by atoms with Crippen LogP contribution in [0.3, 0.4) is 0 Å². The molecule has 2 aromatic carbocycles. The Morgan fingerprint density at radius 1 is 1.11 bits per heavy atom. The second-order valence-electron chi connectivity index (χ2n) is 7.05. The van der Waals surface area contributed by atoms with Crippen molar-refractivity contribution < 1.29 is 17.6 Å². The molecule has 7 heteroatoms. The van der Waals surface area contributed by atoms with Crippen molar-refractivity contribution in [3.8, 4) is 0 Å². The maximum Gasteiger partial charge on any atom is 0.185 e. The molecule has 0 amide bonds. The fraction of sp³-hybridized carbons (Fsp3) is 0.400. The minimum atomic E-state index is -1.45. The van der Waals surface area contributed by atoms with E-state index in [2.05, 4.69) is 36.3 Å². The van der Waals surface area contributed by atoms with Crippen LogP contribution in [0.4, 0.5) is 40.3 Å². The van der Waals surface area contributed by atoms with Gasteiger partial charge in [0.2, 0.25) is 0 Å². The predicted octanol–water partition coefficient (Wildman–Crippen LogP) is 6.00. The van der Waals surface area contributed by atoms with Gasteiger partial charge >= 0.3 is 0 Å². The number of hydrogen-bond acceptors (Lipinski definition) is 3. The van der Waals surface area contributed by atoms with Crippen molar-refractivity contribution in [1.29, 1.82) is 0 Å². The quantitative estimate of drug-likeness (QED) is 0.475. The zero-order valence-electron chi connectivity index (χ0n) is 15.5. The van der Waals surface area contributed by atoms with E-state index in [4.69, 9.17) is 0 Å². The summed E-state index contributed by atoms with van der Waals surface area (Å²) >= 11 is 0. The van der Waals surface area contributed by atoms with Crippen LogP contribution < -0.4 is 15.5 Å². The maximum absolute atomic E-state index is 14.1. The molecule has 3 nitrogen and oxygen atoms in total. The van der Waals surface area contributed by atoms with E-state index in [1.807, 2.05) is 6.07 Å². The molecule has 0 bridgehead atoms. The lowest BCUT2D eigenvalue weighted by molar-refractivity contribution is 0.459. The summed E-state index contributed by atoms with van der Waals surface area (Å²) in [4.78, 5) is 2.22. The average Bonchev–Trinajstić information content (AvgIpc) is 3.01. The fourth-order valence-corrected chi connectivity index (χ4v) is 3.34. The highest BCUT2D eigenvalue weighted by molar-refractivity contribution is 5.89. The van der Waals surface area contributed by atoms with Gasteiger partial charge in [0.1, 0.15) is 11.9 Å². The number of anilines is 4. The smallest absolute Gasteiger partial charge is 0.185 e. The number of fused-ring (bicyclic) bond motifs is 1. The summed E-state index contributed by atoms with van der Waals surface area (Å²) in [6.07, 6.45) is 2.06. The van der Waals surface area contributed by atoms with Crippen molar-refractivity contribution in [1.82, 2.24) is 0 Å². The molecule has 0 saturated carbocycles. The van der Waals surface area contributed by atoms with Gasteiger partial charge in [-0.1, -0.05) is 33.3 Å². The molecule has 1 atom stereocenters. The number of hydrogen-bond donors (Lipinski definition) is 2. The van der Waals surface area contributed by atoms with Crippen LogP contribution in [-0.4, -0.2) is 12.7 Å². The van der Waals surface area contributed by atoms with Crippen LogP contribution in [0.25, 0.3) is 0 Å². The Kier molecular flexibility index (Phi) is 5.48. The van der Waals surface area contributed by atoms with Crippen LogP contribution in [-0.2, 0) is 0 Å². The zero-order chi connectivity index (χ0) is 19.7. The van der Waals surface area contributed by atoms with E-state index in [1.54, 1.807) is 12.1 Å². The molecule has 2 aromatic rings. The van der Waals surface area contributed by atoms with Gasteiger partial charge in [0, 0.05) is 12.6 Å². The molecule has 1 unspecified atom stereocenters. The first kappa shape index (κ1) is 19.3. The Morgan fingerprint density at radius 3 is 2.37 bits per heavy atom. The zero-order valence-corrected chi connectivity index (χ0v) is 15.5. The standard InChI is InChI=1S/C20H23F4N3/c1-4-5-9-27-15-8-6-7-14(18(15)26-20(27)11(2)3)25-19-16(23)12(21)10-13(22)17(19)24/h6-8,10-11,20,25-26H,4-5,9H2,1-3H3. The Morgan fingerprint density at radius 2 is 1.78 bits per heavy atom. The number of nitrogens with one attached hydrogen (secondary N) is 2. The van der Waals surface area contributed by atoms with Crippen LogP contribution >= 0.6 is 0 Å². The number of halogens is 4. The molecule has 0 fully saturated rings. The van der Waals surface area contributed by atoms with Crippen LogP contribution in [0.1, 0.15) is 33.6 Å². The topological polar surface area (TPSA) is 27.3 Å². The minimum Gasteiger partial charge on any atom is -0.362 e. The van der Waals surface area contributed by atoms with Crippen LogP contribution in [0, 0.1) is 29.2 Å². The van der Waals surface area contributed by atoms with Crippen LogP contribution in [0.5, 0.6) is 0 Å². The fourth-order valence-electron chi connectivity index (χ4n) is 3.34. The molecule has 1 aliphatic rings. The van der Waals surface area contributed by atoms with Gasteiger partial charge in [-0.25, -0.2) is 17.6 Å². The molecule has 0 spiro atoms. The highest BCUT2D eigenvalue weighted by atomic mass is 19.2. The van der Waals surface area contributed by atoms with Gasteiger partial charge < -0.3 is 15.5 Å². The first-order chi connectivity index (χ1) is 12.8. The number of benzene rings is 2. The molecule has 2 N–H and O–H groups in total. The summed E-state index contributed by atoms with van der Waals surface area (Å²) in [5, 5.41) is 5.92. The first-order valence-electron chi connectivity index (χ1n) is 9.11. The van der Waals surface area contributed by atoms with Crippen molar-refractivity contribution in [3.63, 3.8) is 0 Å². The van der Waals surface area contributed by atoms with E-state index < -0.39 is 29.0 Å². The van der Waals surface area contributed by atoms with Gasteiger partial charge in [-0.15, -0.1) is 0 Å². The summed E-state index contributed by atoms with van der Waals surface area (Å²) < 4.78 is 55.1. The minimum absolute atomic E-state index is 0.0217. The van der Waals surface area contributed by atoms with Gasteiger partial charge in [0.05, 0.1) is 17.1 Å². The third-order valence-corrected chi connectivity index (χ3v) is 4.74. The van der Waals surface area contributed by atoms with E-state index in [9.17, 15) is 17.6 Å². The molecule has 3 rings (SSSR count). The Bertz CT molecular complexity index is 812. The van der Waals surface area contributed by atoms with E-state index in [-0.39, 0.29) is 18.2 Å². The van der Waals surface area contributed by atoms with Gasteiger partial charge in [0.15, 0.2) is 23.3 Å². The average molecular weight is 381 g/mol. The summed E-state index contributed by atoms with van der Waals surface area (Å²) in [7, 11) is 0. The van der Waals surface area contributed by atoms with E-state index in [0.717, 1.165) is 25.1 Å². The Labute approximate surface area is 156 Å². The monoisotopic (exact) mass is 381 g/mol. The third kappa shape index (κ3) is 3.55. The summed E-state index contributed by atoms with van der Waals surface area (Å²) in [5.41, 5.74) is 1.08. The molecule has 0 aliphatic carbocycles. The lowest BCUT2D eigenvalue weighted by Gasteiger charge is -2.29. The molecule has 146 valence electrons. The number of nitrogens with zero attached hydrogens (tertiary/aromatic N) is 1. The Hall–Kier alpha value is -2.44. The first-order valence-corrected chi connectivity index (χ1v) is 9.11. The van der Waals surface area contributed by atoms with Crippen molar-refractivity contribution >= 4 is 22.7 Å². The number of unbranched alkanes of at least 4 members (excludes halogenated alkanes) is 1.